The molecule has 7 heteroatoms. The van der Waals surface area contributed by atoms with E-state index in [1.807, 2.05) is 35.2 Å². The van der Waals surface area contributed by atoms with Gasteiger partial charge in [0.25, 0.3) is 0 Å². The standard InChI is InChI=1S/C21H24N4O3/c1-27-18-9-5-8-17(19(18)28-2)24-21(26)25-12-10-14(11-13-25)20-22-15-6-3-4-7-16(15)23-20/h3-9,14H,10-13H2,1-2H3,(H,22,23)(H,24,26). The molecular weight excluding hydrogens is 356 g/mol. The van der Waals surface area contributed by atoms with Gasteiger partial charge >= 0.3 is 6.03 Å². The summed E-state index contributed by atoms with van der Waals surface area (Å²) in [6, 6.07) is 13.3. The number of methoxy groups -OCH3 is 2. The monoisotopic (exact) mass is 380 g/mol. The first-order chi connectivity index (χ1) is 13.7. The van der Waals surface area contributed by atoms with Crippen LogP contribution >= 0.6 is 0 Å². The van der Waals surface area contributed by atoms with Crippen molar-refractivity contribution < 1.29 is 14.3 Å². The summed E-state index contributed by atoms with van der Waals surface area (Å²) in [6.07, 6.45) is 1.75. The Bertz CT molecular complexity index is 944. The van der Waals surface area contributed by atoms with Crippen LogP contribution in [-0.4, -0.2) is 48.2 Å². The molecule has 0 aliphatic carbocycles. The number of ether oxygens (including phenoxy) is 2. The van der Waals surface area contributed by atoms with E-state index < -0.39 is 0 Å². The molecule has 2 aromatic carbocycles. The number of carbonyl (C=O) groups is 1. The van der Waals surface area contributed by atoms with Crippen molar-refractivity contribution in [1.82, 2.24) is 14.9 Å². The van der Waals surface area contributed by atoms with Gasteiger partial charge in [-0.1, -0.05) is 18.2 Å². The van der Waals surface area contributed by atoms with Crippen LogP contribution in [0.3, 0.4) is 0 Å². The SMILES string of the molecule is COc1cccc(NC(=O)N2CCC(c3nc4ccccc4[nH]3)CC2)c1OC. The highest BCUT2D eigenvalue weighted by molar-refractivity contribution is 5.91. The summed E-state index contributed by atoms with van der Waals surface area (Å²) >= 11 is 0. The van der Waals surface area contributed by atoms with Gasteiger partial charge in [-0.25, -0.2) is 9.78 Å². The minimum Gasteiger partial charge on any atom is -0.493 e. The van der Waals surface area contributed by atoms with Crippen LogP contribution in [0.1, 0.15) is 24.6 Å². The molecule has 1 aromatic heterocycles. The van der Waals surface area contributed by atoms with Crippen molar-refractivity contribution in [2.24, 2.45) is 0 Å². The number of benzene rings is 2. The second-order valence-electron chi connectivity index (χ2n) is 6.87. The third-order valence-corrected chi connectivity index (χ3v) is 5.22. The number of hydrogen-bond acceptors (Lipinski definition) is 4. The molecule has 2 heterocycles. The lowest BCUT2D eigenvalue weighted by Gasteiger charge is -2.31. The Labute approximate surface area is 163 Å². The number of hydrogen-bond donors (Lipinski definition) is 2. The number of aromatic amines is 1. The quantitative estimate of drug-likeness (QED) is 0.717. The van der Waals surface area contributed by atoms with Crippen molar-refractivity contribution in [3.8, 4) is 11.5 Å². The number of nitrogens with one attached hydrogen (secondary N) is 2. The van der Waals surface area contributed by atoms with Crippen molar-refractivity contribution in [2.45, 2.75) is 18.8 Å². The Morgan fingerprint density at radius 3 is 2.61 bits per heavy atom. The number of rotatable bonds is 4. The van der Waals surface area contributed by atoms with Crippen LogP contribution in [0, 0.1) is 0 Å². The number of piperidine rings is 1. The second kappa shape index (κ2) is 7.80. The van der Waals surface area contributed by atoms with Crippen molar-refractivity contribution >= 4 is 22.8 Å². The van der Waals surface area contributed by atoms with Crippen LogP contribution in [0.4, 0.5) is 10.5 Å². The fourth-order valence-corrected chi connectivity index (χ4v) is 3.70. The van der Waals surface area contributed by atoms with Crippen LogP contribution in [0.15, 0.2) is 42.5 Å². The maximum atomic E-state index is 12.7. The average molecular weight is 380 g/mol. The third-order valence-electron chi connectivity index (χ3n) is 5.22. The van der Waals surface area contributed by atoms with Crippen LogP contribution in [-0.2, 0) is 0 Å². The molecule has 1 aliphatic heterocycles. The molecule has 28 heavy (non-hydrogen) atoms. The van der Waals surface area contributed by atoms with E-state index >= 15 is 0 Å². The Kier molecular flexibility index (Phi) is 5.06. The van der Waals surface area contributed by atoms with E-state index in [1.165, 1.54) is 0 Å². The summed E-state index contributed by atoms with van der Waals surface area (Å²) in [6.45, 7) is 1.36. The molecule has 7 nitrogen and oxygen atoms in total. The lowest BCUT2D eigenvalue weighted by atomic mass is 9.96. The molecule has 0 unspecified atom stereocenters. The van der Waals surface area contributed by atoms with Gasteiger partial charge in [0.2, 0.25) is 0 Å². The molecule has 1 aliphatic rings. The number of amides is 2. The topological polar surface area (TPSA) is 79.5 Å². The molecule has 3 aromatic rings. The second-order valence-corrected chi connectivity index (χ2v) is 6.87. The van der Waals surface area contributed by atoms with E-state index in [0.717, 1.165) is 29.7 Å². The Balaban J connectivity index is 1.40. The maximum Gasteiger partial charge on any atom is 0.321 e. The number of urea groups is 1. The highest BCUT2D eigenvalue weighted by Gasteiger charge is 2.26. The molecule has 0 radical (unpaired) electrons. The van der Waals surface area contributed by atoms with Gasteiger partial charge < -0.3 is 24.7 Å². The Hall–Kier alpha value is -3.22. The number of imidazole rings is 1. The van der Waals surface area contributed by atoms with Crippen molar-refractivity contribution in [3.63, 3.8) is 0 Å². The minimum absolute atomic E-state index is 0.130. The first-order valence-corrected chi connectivity index (χ1v) is 9.41. The average Bonchev–Trinajstić information content (AvgIpc) is 3.18. The minimum atomic E-state index is -0.130. The smallest absolute Gasteiger partial charge is 0.321 e. The van der Waals surface area contributed by atoms with Crippen LogP contribution in [0.25, 0.3) is 11.0 Å². The first-order valence-electron chi connectivity index (χ1n) is 9.41. The Morgan fingerprint density at radius 1 is 1.11 bits per heavy atom. The summed E-state index contributed by atoms with van der Waals surface area (Å²) in [5.41, 5.74) is 2.65. The van der Waals surface area contributed by atoms with Crippen molar-refractivity contribution in [1.29, 1.82) is 0 Å². The predicted molar refractivity (Wildman–Crippen MR) is 108 cm³/mol. The van der Waals surface area contributed by atoms with Crippen molar-refractivity contribution in [3.05, 3.63) is 48.3 Å². The molecular formula is C21H24N4O3. The zero-order chi connectivity index (χ0) is 19.5. The van der Waals surface area contributed by atoms with E-state index in [-0.39, 0.29) is 6.03 Å². The highest BCUT2D eigenvalue weighted by atomic mass is 16.5. The summed E-state index contributed by atoms with van der Waals surface area (Å²) in [5.74, 6) is 2.46. The number of para-hydroxylation sites is 3. The van der Waals surface area contributed by atoms with Gasteiger partial charge in [0.15, 0.2) is 11.5 Å². The molecule has 1 fully saturated rings. The molecule has 2 N–H and O–H groups in total. The number of fused-ring (bicyclic) bond motifs is 1. The first kappa shape index (κ1) is 18.2. The summed E-state index contributed by atoms with van der Waals surface area (Å²) in [5, 5.41) is 2.94. The van der Waals surface area contributed by atoms with E-state index in [1.54, 1.807) is 26.4 Å². The maximum absolute atomic E-state index is 12.7. The number of carbonyl (C=O) groups excluding carboxylic acids is 1. The fourth-order valence-electron chi connectivity index (χ4n) is 3.70. The van der Waals surface area contributed by atoms with E-state index in [2.05, 4.69) is 10.3 Å². The summed E-state index contributed by atoms with van der Waals surface area (Å²) in [7, 11) is 3.14. The van der Waals surface area contributed by atoms with Gasteiger partial charge in [0.1, 0.15) is 5.82 Å². The van der Waals surface area contributed by atoms with E-state index in [0.29, 0.717) is 36.2 Å². The molecule has 0 saturated carbocycles. The van der Waals surface area contributed by atoms with Gasteiger partial charge in [-0.05, 0) is 37.1 Å². The van der Waals surface area contributed by atoms with Crippen LogP contribution in [0.5, 0.6) is 11.5 Å². The summed E-state index contributed by atoms with van der Waals surface area (Å²) < 4.78 is 10.7. The number of anilines is 1. The molecule has 0 atom stereocenters. The molecule has 146 valence electrons. The number of aromatic nitrogens is 2. The zero-order valence-electron chi connectivity index (χ0n) is 16.1. The third kappa shape index (κ3) is 3.47. The normalized spacial score (nSPS) is 14.9. The van der Waals surface area contributed by atoms with Gasteiger partial charge in [-0.2, -0.15) is 0 Å². The number of likely N-dealkylation sites (tertiary alicyclic amines) is 1. The zero-order valence-corrected chi connectivity index (χ0v) is 16.1. The Morgan fingerprint density at radius 2 is 1.89 bits per heavy atom. The predicted octanol–water partition coefficient (Wildman–Crippen LogP) is 3.99. The van der Waals surface area contributed by atoms with Gasteiger partial charge in [0.05, 0.1) is 30.9 Å². The molecule has 0 bridgehead atoms. The number of H-pyrrole nitrogens is 1. The van der Waals surface area contributed by atoms with Crippen LogP contribution in [0.2, 0.25) is 0 Å². The van der Waals surface area contributed by atoms with Crippen LogP contribution < -0.4 is 14.8 Å². The number of nitrogens with zero attached hydrogens (tertiary/aromatic N) is 2. The summed E-state index contributed by atoms with van der Waals surface area (Å²) in [4.78, 5) is 22.7. The van der Waals surface area contributed by atoms with Crippen molar-refractivity contribution in [2.75, 3.05) is 32.6 Å². The lowest BCUT2D eigenvalue weighted by Crippen LogP contribution is -2.40. The molecule has 0 spiro atoms. The van der Waals surface area contributed by atoms with Gasteiger partial charge in [-0.15, -0.1) is 0 Å². The molecule has 1 saturated heterocycles. The van der Waals surface area contributed by atoms with E-state index in [4.69, 9.17) is 14.5 Å². The fraction of sp³-hybridized carbons (Fsp3) is 0.333. The molecule has 4 rings (SSSR count). The highest BCUT2D eigenvalue weighted by Crippen LogP contribution is 2.35. The lowest BCUT2D eigenvalue weighted by molar-refractivity contribution is 0.193. The van der Waals surface area contributed by atoms with Gasteiger partial charge in [-0.3, -0.25) is 0 Å². The largest absolute Gasteiger partial charge is 0.493 e. The molecule has 2 amide bonds. The van der Waals surface area contributed by atoms with E-state index in [9.17, 15) is 4.79 Å². The van der Waals surface area contributed by atoms with Gasteiger partial charge in [0, 0.05) is 19.0 Å².